The maximum Gasteiger partial charge on any atom is 0.271 e. The fourth-order valence-electron chi connectivity index (χ4n) is 2.83. The van der Waals surface area contributed by atoms with Crippen LogP contribution in [0.2, 0.25) is 0 Å². The zero-order chi connectivity index (χ0) is 17.3. The predicted octanol–water partition coefficient (Wildman–Crippen LogP) is 1.10. The van der Waals surface area contributed by atoms with E-state index in [1.165, 1.54) is 5.01 Å². The minimum absolute atomic E-state index is 0.0574. The van der Waals surface area contributed by atoms with Crippen LogP contribution in [-0.2, 0) is 19.4 Å². The third-order valence-corrected chi connectivity index (χ3v) is 5.94. The Bertz CT molecular complexity index is 799. The van der Waals surface area contributed by atoms with Crippen molar-refractivity contribution in [2.45, 2.75) is 32.2 Å². The van der Waals surface area contributed by atoms with Crippen molar-refractivity contribution < 1.29 is 18.0 Å². The van der Waals surface area contributed by atoms with Gasteiger partial charge in [0.05, 0.1) is 17.5 Å². The first-order chi connectivity index (χ1) is 11.3. The summed E-state index contributed by atoms with van der Waals surface area (Å²) in [6.45, 7) is 1.95. The minimum Gasteiger partial charge on any atom is -0.321 e. The fourth-order valence-corrected chi connectivity index (χ4v) is 4.52. The highest BCUT2D eigenvalue weighted by Gasteiger charge is 2.37. The van der Waals surface area contributed by atoms with Crippen molar-refractivity contribution in [1.82, 2.24) is 5.01 Å². The zero-order valence-electron chi connectivity index (χ0n) is 13.4. The van der Waals surface area contributed by atoms with Gasteiger partial charge in [-0.2, -0.15) is 5.10 Å². The molecule has 0 spiro atoms. The molecule has 2 aliphatic rings. The number of nitrogens with one attached hydrogen (secondary N) is 1. The molecular formula is C16H19N3O4S. The number of carbonyl (C=O) groups is 2. The van der Waals surface area contributed by atoms with Gasteiger partial charge in [0.15, 0.2) is 9.84 Å². The number of sulfone groups is 1. The van der Waals surface area contributed by atoms with Crippen molar-refractivity contribution in [3.8, 4) is 0 Å². The van der Waals surface area contributed by atoms with E-state index in [-0.39, 0.29) is 41.9 Å². The van der Waals surface area contributed by atoms with Crippen LogP contribution in [0.5, 0.6) is 0 Å². The normalized spacial score (nSPS) is 23.0. The van der Waals surface area contributed by atoms with E-state index >= 15 is 0 Å². The largest absolute Gasteiger partial charge is 0.321 e. The first kappa shape index (κ1) is 16.6. The molecule has 1 aromatic rings. The summed E-state index contributed by atoms with van der Waals surface area (Å²) in [4.78, 5) is 24.4. The van der Waals surface area contributed by atoms with Gasteiger partial charge >= 0.3 is 0 Å². The van der Waals surface area contributed by atoms with Crippen LogP contribution in [-0.4, -0.2) is 48.5 Å². The van der Waals surface area contributed by atoms with Gasteiger partial charge in [0.2, 0.25) is 5.91 Å². The van der Waals surface area contributed by atoms with Gasteiger partial charge in [-0.25, -0.2) is 13.4 Å². The first-order valence-electron chi connectivity index (χ1n) is 7.82. The van der Waals surface area contributed by atoms with Gasteiger partial charge in [-0.3, -0.25) is 9.59 Å². The molecule has 0 bridgehead atoms. The number of hydrazone groups is 1. The van der Waals surface area contributed by atoms with Crippen LogP contribution in [0.15, 0.2) is 29.4 Å². The van der Waals surface area contributed by atoms with Crippen LogP contribution in [0.3, 0.4) is 0 Å². The van der Waals surface area contributed by atoms with Crippen molar-refractivity contribution in [1.29, 1.82) is 0 Å². The van der Waals surface area contributed by atoms with Gasteiger partial charge in [0, 0.05) is 18.5 Å². The van der Waals surface area contributed by atoms with Crippen molar-refractivity contribution in [3.63, 3.8) is 0 Å². The monoisotopic (exact) mass is 349 g/mol. The molecule has 0 radical (unpaired) electrons. The molecule has 0 aliphatic carbocycles. The number of nitrogens with zero attached hydrogens (tertiary/aromatic N) is 2. The highest BCUT2D eigenvalue weighted by molar-refractivity contribution is 7.91. The average Bonchev–Trinajstić information content (AvgIpc) is 2.90. The van der Waals surface area contributed by atoms with E-state index in [4.69, 9.17) is 0 Å². The lowest BCUT2D eigenvalue weighted by atomic mass is 10.1. The van der Waals surface area contributed by atoms with Crippen LogP contribution in [0.4, 0.5) is 5.69 Å². The number of carbonyl (C=O) groups excluding carboxylic acids is 2. The number of hydrogen-bond donors (Lipinski definition) is 1. The van der Waals surface area contributed by atoms with E-state index in [0.717, 1.165) is 5.56 Å². The minimum atomic E-state index is -3.12. The number of anilines is 1. The number of rotatable bonds is 3. The molecule has 2 aliphatic heterocycles. The van der Waals surface area contributed by atoms with E-state index in [1.807, 2.05) is 19.1 Å². The molecule has 24 heavy (non-hydrogen) atoms. The Morgan fingerprint density at radius 2 is 1.96 bits per heavy atom. The van der Waals surface area contributed by atoms with Crippen LogP contribution in [0.25, 0.3) is 0 Å². The van der Waals surface area contributed by atoms with E-state index in [2.05, 4.69) is 10.4 Å². The Kier molecular flexibility index (Phi) is 4.40. The van der Waals surface area contributed by atoms with Gasteiger partial charge in [0.25, 0.3) is 5.91 Å². The maximum absolute atomic E-state index is 12.3. The van der Waals surface area contributed by atoms with Crippen LogP contribution in [0.1, 0.15) is 24.8 Å². The Morgan fingerprint density at radius 1 is 1.25 bits per heavy atom. The fraction of sp³-hybridized carbons (Fsp3) is 0.438. The summed E-state index contributed by atoms with van der Waals surface area (Å²) in [6, 6.07) is 6.89. The van der Waals surface area contributed by atoms with Crippen molar-refractivity contribution in [2.24, 2.45) is 5.10 Å². The van der Waals surface area contributed by atoms with Gasteiger partial charge in [-0.1, -0.05) is 17.7 Å². The third-order valence-electron chi connectivity index (χ3n) is 4.19. The van der Waals surface area contributed by atoms with Gasteiger partial charge in [-0.05, 0) is 25.5 Å². The standard InChI is InChI=1S/C16H19N3O4S/c1-11-2-4-12(5-3-11)17-16(21)14-6-7-15(20)19(18-14)13-8-9-24(22,23)10-13/h2-5,13H,6-10H2,1H3,(H,17,21)/t13-/m0/s1. The van der Waals surface area contributed by atoms with Crippen LogP contribution in [0, 0.1) is 6.92 Å². The molecule has 1 aromatic carbocycles. The summed E-state index contributed by atoms with van der Waals surface area (Å²) in [5.41, 5.74) is 1.99. The second-order valence-corrected chi connectivity index (χ2v) is 8.39. The Labute approximate surface area is 140 Å². The molecule has 1 saturated heterocycles. The van der Waals surface area contributed by atoms with Crippen LogP contribution < -0.4 is 5.32 Å². The lowest BCUT2D eigenvalue weighted by molar-refractivity contribution is -0.133. The molecule has 128 valence electrons. The molecule has 1 N–H and O–H groups in total. The second-order valence-electron chi connectivity index (χ2n) is 6.16. The quantitative estimate of drug-likeness (QED) is 0.884. The molecule has 1 fully saturated rings. The second kappa shape index (κ2) is 6.35. The highest BCUT2D eigenvalue weighted by atomic mass is 32.2. The summed E-state index contributed by atoms with van der Waals surface area (Å²) >= 11 is 0. The Balaban J connectivity index is 1.75. The number of amides is 2. The molecule has 1 atom stereocenters. The summed E-state index contributed by atoms with van der Waals surface area (Å²) in [5, 5.41) is 8.10. The topological polar surface area (TPSA) is 95.9 Å². The molecule has 2 amide bonds. The van der Waals surface area contributed by atoms with Gasteiger partial charge < -0.3 is 5.32 Å². The molecule has 0 aromatic heterocycles. The molecule has 7 nitrogen and oxygen atoms in total. The lowest BCUT2D eigenvalue weighted by Crippen LogP contribution is -2.42. The van der Waals surface area contributed by atoms with E-state index < -0.39 is 15.9 Å². The smallest absolute Gasteiger partial charge is 0.271 e. The van der Waals surface area contributed by atoms with Crippen molar-refractivity contribution in [2.75, 3.05) is 16.8 Å². The van der Waals surface area contributed by atoms with Gasteiger partial charge in [-0.15, -0.1) is 0 Å². The first-order valence-corrected chi connectivity index (χ1v) is 9.64. The summed E-state index contributed by atoms with van der Waals surface area (Å²) < 4.78 is 23.2. The lowest BCUT2D eigenvalue weighted by Gasteiger charge is -2.27. The number of hydrogen-bond acceptors (Lipinski definition) is 5. The summed E-state index contributed by atoms with van der Waals surface area (Å²) in [7, 11) is -3.12. The Hall–Kier alpha value is -2.22. The average molecular weight is 349 g/mol. The van der Waals surface area contributed by atoms with Crippen molar-refractivity contribution in [3.05, 3.63) is 29.8 Å². The Morgan fingerprint density at radius 3 is 2.58 bits per heavy atom. The van der Waals surface area contributed by atoms with E-state index in [9.17, 15) is 18.0 Å². The SMILES string of the molecule is Cc1ccc(NC(=O)C2=NN([C@H]3CCS(=O)(=O)C3)C(=O)CC2)cc1. The number of benzene rings is 1. The summed E-state index contributed by atoms with van der Waals surface area (Å²) in [6.07, 6.45) is 0.785. The predicted molar refractivity (Wildman–Crippen MR) is 90.4 cm³/mol. The highest BCUT2D eigenvalue weighted by Crippen LogP contribution is 2.22. The van der Waals surface area contributed by atoms with Crippen molar-refractivity contribution >= 4 is 33.1 Å². The summed E-state index contributed by atoms with van der Waals surface area (Å²) in [5.74, 6) is -0.627. The molecule has 0 saturated carbocycles. The molecule has 8 heteroatoms. The van der Waals surface area contributed by atoms with E-state index in [1.54, 1.807) is 12.1 Å². The molecule has 0 unspecified atom stereocenters. The molecule has 2 heterocycles. The number of aryl methyl sites for hydroxylation is 1. The van der Waals surface area contributed by atoms with Crippen LogP contribution >= 0.6 is 0 Å². The molecular weight excluding hydrogens is 330 g/mol. The zero-order valence-corrected chi connectivity index (χ0v) is 14.2. The molecule has 3 rings (SSSR count). The van der Waals surface area contributed by atoms with E-state index in [0.29, 0.717) is 12.1 Å². The third kappa shape index (κ3) is 3.64. The maximum atomic E-state index is 12.3. The van der Waals surface area contributed by atoms with Gasteiger partial charge in [0.1, 0.15) is 5.71 Å².